The van der Waals surface area contributed by atoms with E-state index >= 15 is 0 Å². The zero-order valence-electron chi connectivity index (χ0n) is 44.9. The molecule has 0 amide bonds. The van der Waals surface area contributed by atoms with E-state index in [1.165, 1.54) is 0 Å². The van der Waals surface area contributed by atoms with Gasteiger partial charge in [-0.3, -0.25) is 0 Å². The molecule has 3 heterocycles. The van der Waals surface area contributed by atoms with Crippen molar-refractivity contribution in [3.63, 3.8) is 0 Å². The molecular formula is C58H43N4OPt-3. The van der Waals surface area contributed by atoms with E-state index in [1.54, 1.807) is 29.8 Å². The fourth-order valence-electron chi connectivity index (χ4n) is 8.28. The Morgan fingerprint density at radius 3 is 1.95 bits per heavy atom. The van der Waals surface area contributed by atoms with Crippen molar-refractivity contribution in [3.8, 4) is 50.7 Å². The number of hydrogen-bond acceptors (Lipinski definition) is 4. The summed E-state index contributed by atoms with van der Waals surface area (Å²) in [6.07, 6.45) is 1.84. The van der Waals surface area contributed by atoms with Gasteiger partial charge in [0.15, 0.2) is 0 Å². The zero-order chi connectivity index (χ0) is 51.2. The SMILES string of the molecule is [2H]c1c([2H])c([2H])c(-c2cccc(-c3c([2H])c([2H])c([2H])c([2H])c3[2H])c2N2[CH-]N(c3[c-]c(Oc4[c-]c5c(cc4)c4ccccc4n5-c4cc(C(C)(C)C)ccn4)c(-c4ccccc4)cc3)c3ccccc32)c([2H])c1[2H].[Pt]. The van der Waals surface area contributed by atoms with E-state index in [0.29, 0.717) is 28.6 Å². The first-order valence-corrected chi connectivity index (χ1v) is 20.6. The average Bonchev–Trinajstić information content (AvgIpc) is 3.95. The summed E-state index contributed by atoms with van der Waals surface area (Å²) in [7, 11) is 0. The Hall–Kier alpha value is -7.20. The van der Waals surface area contributed by atoms with Crippen LogP contribution in [0.2, 0.25) is 0 Å². The third-order valence-electron chi connectivity index (χ3n) is 11.3. The molecule has 5 nitrogen and oxygen atoms in total. The van der Waals surface area contributed by atoms with Gasteiger partial charge in [-0.15, -0.1) is 42.0 Å². The predicted octanol–water partition coefficient (Wildman–Crippen LogP) is 15.3. The van der Waals surface area contributed by atoms with Crippen LogP contribution in [0.1, 0.15) is 40.0 Å². The van der Waals surface area contributed by atoms with Gasteiger partial charge in [0.25, 0.3) is 0 Å². The molecule has 0 bridgehead atoms. The third kappa shape index (κ3) is 7.36. The summed E-state index contributed by atoms with van der Waals surface area (Å²) in [5.41, 5.74) is 6.47. The molecule has 11 rings (SSSR count). The Morgan fingerprint density at radius 2 is 1.25 bits per heavy atom. The molecule has 2 aromatic heterocycles. The minimum absolute atomic E-state index is 0. The second-order valence-corrected chi connectivity index (χ2v) is 16.2. The molecule has 6 heteroatoms. The van der Waals surface area contributed by atoms with Gasteiger partial charge in [-0.05, 0) is 57.8 Å². The second kappa shape index (κ2) is 16.8. The van der Waals surface area contributed by atoms with Crippen molar-refractivity contribution in [2.45, 2.75) is 26.2 Å². The Morgan fingerprint density at radius 1 is 0.594 bits per heavy atom. The van der Waals surface area contributed by atoms with Crippen molar-refractivity contribution in [2.24, 2.45) is 0 Å². The van der Waals surface area contributed by atoms with Gasteiger partial charge in [0.05, 0.1) is 13.7 Å². The molecule has 10 aromatic rings. The number of ether oxygens (including phenoxy) is 1. The van der Waals surface area contributed by atoms with Crippen LogP contribution < -0.4 is 14.5 Å². The van der Waals surface area contributed by atoms with E-state index in [2.05, 4.69) is 55.7 Å². The summed E-state index contributed by atoms with van der Waals surface area (Å²) in [5, 5.41) is 2.01. The third-order valence-corrected chi connectivity index (χ3v) is 11.3. The quantitative estimate of drug-likeness (QED) is 0.142. The van der Waals surface area contributed by atoms with Crippen LogP contribution in [-0.4, -0.2) is 9.55 Å². The van der Waals surface area contributed by atoms with E-state index in [0.717, 1.165) is 44.3 Å². The van der Waals surface area contributed by atoms with Crippen molar-refractivity contribution in [1.29, 1.82) is 0 Å². The van der Waals surface area contributed by atoms with Crippen molar-refractivity contribution in [1.82, 2.24) is 9.55 Å². The Balaban J connectivity index is 0.00000626. The molecule has 8 aromatic carbocycles. The van der Waals surface area contributed by atoms with Gasteiger partial charge in [0.1, 0.15) is 5.82 Å². The maximum absolute atomic E-state index is 9.08. The van der Waals surface area contributed by atoms with E-state index in [4.69, 9.17) is 23.4 Å². The molecule has 0 N–H and O–H groups in total. The van der Waals surface area contributed by atoms with Crippen LogP contribution in [0, 0.1) is 18.8 Å². The first-order chi connectivity index (χ1) is 35.0. The van der Waals surface area contributed by atoms with E-state index in [1.807, 2.05) is 108 Å². The van der Waals surface area contributed by atoms with Gasteiger partial charge >= 0.3 is 0 Å². The van der Waals surface area contributed by atoms with E-state index in [-0.39, 0.29) is 54.4 Å². The number of pyridine rings is 1. The maximum Gasteiger partial charge on any atom is 0.135 e. The predicted molar refractivity (Wildman–Crippen MR) is 259 cm³/mol. The van der Waals surface area contributed by atoms with Crippen molar-refractivity contribution < 1.29 is 39.5 Å². The fraction of sp³-hybridized carbons (Fsp3) is 0.0690. The molecule has 0 atom stereocenters. The summed E-state index contributed by atoms with van der Waals surface area (Å²) >= 11 is 0. The Labute approximate surface area is 403 Å². The zero-order valence-corrected chi connectivity index (χ0v) is 37.1. The number of benzene rings is 8. The van der Waals surface area contributed by atoms with Crippen LogP contribution in [0.3, 0.4) is 0 Å². The molecule has 314 valence electrons. The van der Waals surface area contributed by atoms with Gasteiger partial charge < -0.3 is 19.1 Å². The summed E-state index contributed by atoms with van der Waals surface area (Å²) in [4.78, 5) is 8.48. The summed E-state index contributed by atoms with van der Waals surface area (Å²) in [5.74, 6) is 1.57. The molecule has 1 aliphatic rings. The van der Waals surface area contributed by atoms with Crippen LogP contribution in [-0.2, 0) is 26.5 Å². The molecule has 0 aliphatic carbocycles. The molecule has 0 fully saturated rings. The molecule has 64 heavy (non-hydrogen) atoms. The van der Waals surface area contributed by atoms with Crippen molar-refractivity contribution in [2.75, 3.05) is 9.80 Å². The number of aromatic nitrogens is 2. The van der Waals surface area contributed by atoms with Crippen molar-refractivity contribution >= 4 is 44.6 Å². The van der Waals surface area contributed by atoms with Crippen LogP contribution in [0.15, 0.2) is 200 Å². The average molecular weight is 1020 g/mol. The standard InChI is InChI=1S/C58H43N4O.Pt/c1-58(2,3)43-34-35-59-56(36-43)62-51-27-14-13-24-49(51)50-33-31-45(38-54(50)62)63-55-37-44(30-32-46(55)40-18-7-4-8-19-40)60-39-61(53-29-16-15-28-52(53)60)57-47(41-20-9-5-10-21-41)25-17-26-48(57)42-22-11-6-12-23-42;/h4-36,39H,1-3H3;/q-3;/i5D,6D,9D,10D,11D,12D,20D,21D,22D,23D;. The maximum atomic E-state index is 9.08. The number of rotatable bonds is 8. The minimum Gasteiger partial charge on any atom is -0.509 e. The van der Waals surface area contributed by atoms with Gasteiger partial charge in [-0.25, -0.2) is 4.98 Å². The van der Waals surface area contributed by atoms with E-state index < -0.39 is 60.4 Å². The molecule has 0 unspecified atom stereocenters. The van der Waals surface area contributed by atoms with Crippen LogP contribution in [0.5, 0.6) is 11.5 Å². The van der Waals surface area contributed by atoms with Gasteiger partial charge in [-0.1, -0.05) is 177 Å². The largest absolute Gasteiger partial charge is 0.509 e. The molecule has 0 spiro atoms. The van der Waals surface area contributed by atoms with Gasteiger partial charge in [0, 0.05) is 72.5 Å². The second-order valence-electron chi connectivity index (χ2n) is 16.2. The fourth-order valence-corrected chi connectivity index (χ4v) is 8.28. The van der Waals surface area contributed by atoms with E-state index in [9.17, 15) is 0 Å². The molecule has 0 saturated heterocycles. The summed E-state index contributed by atoms with van der Waals surface area (Å²) < 4.78 is 96.6. The number of fused-ring (bicyclic) bond motifs is 4. The van der Waals surface area contributed by atoms with Crippen LogP contribution in [0.4, 0.5) is 22.7 Å². The smallest absolute Gasteiger partial charge is 0.135 e. The normalized spacial score (nSPS) is 14.5. The topological polar surface area (TPSA) is 33.5 Å². The number of anilines is 4. The Bertz CT molecular complexity index is 3750. The number of nitrogens with zero attached hydrogens (tertiary/aromatic N) is 4. The van der Waals surface area contributed by atoms with Gasteiger partial charge in [0.2, 0.25) is 0 Å². The Kier molecular flexibility index (Phi) is 8.09. The van der Waals surface area contributed by atoms with Crippen LogP contribution in [0.25, 0.3) is 61.0 Å². The molecular weight excluding hydrogens is 964 g/mol. The van der Waals surface area contributed by atoms with Gasteiger partial charge in [-0.2, -0.15) is 12.1 Å². The van der Waals surface area contributed by atoms with Crippen molar-refractivity contribution in [3.05, 3.63) is 224 Å². The number of para-hydroxylation sites is 4. The monoisotopic (exact) mass is 1020 g/mol. The first-order valence-electron chi connectivity index (χ1n) is 25.6. The summed E-state index contributed by atoms with van der Waals surface area (Å²) in [6.45, 7) is 8.27. The summed E-state index contributed by atoms with van der Waals surface area (Å²) in [6, 6.07) is 44.2. The molecule has 0 saturated carbocycles. The molecule has 1 aliphatic heterocycles. The van der Waals surface area contributed by atoms with Crippen LogP contribution >= 0.6 is 0 Å². The minimum atomic E-state index is -0.568. The first kappa shape index (κ1) is 30.8. The molecule has 0 radical (unpaired) electrons. The number of hydrogen-bond donors (Lipinski definition) is 0.